The summed E-state index contributed by atoms with van der Waals surface area (Å²) in [6, 6.07) is 13.6. The van der Waals surface area contributed by atoms with Gasteiger partial charge in [0.2, 0.25) is 0 Å². The molecule has 0 aromatic heterocycles. The number of ether oxygens (including phenoxy) is 1. The van der Waals surface area contributed by atoms with Crippen molar-refractivity contribution in [3.05, 3.63) is 59.1 Å². The van der Waals surface area contributed by atoms with Crippen LogP contribution in [0.15, 0.2) is 48.5 Å². The van der Waals surface area contributed by atoms with Gasteiger partial charge in [0.15, 0.2) is 12.9 Å². The van der Waals surface area contributed by atoms with Crippen LogP contribution in [-0.4, -0.2) is 18.8 Å². The van der Waals surface area contributed by atoms with E-state index in [1.807, 2.05) is 0 Å². The number of hydrogen-bond acceptors (Lipinski definition) is 3. The van der Waals surface area contributed by atoms with E-state index in [-0.39, 0.29) is 12.5 Å². The molecule has 0 radical (unpaired) electrons. The second-order valence-corrected chi connectivity index (χ2v) is 4.38. The van der Waals surface area contributed by atoms with Crippen LogP contribution in [0.4, 0.5) is 5.69 Å². The van der Waals surface area contributed by atoms with Crippen molar-refractivity contribution in [1.29, 1.82) is 0 Å². The molecule has 2 aromatic rings. The number of hydrogen-bond donors (Lipinski definition) is 1. The number of aldehydes is 1. The Morgan fingerprint density at radius 1 is 1.15 bits per heavy atom. The van der Waals surface area contributed by atoms with Crippen LogP contribution in [0.5, 0.6) is 5.75 Å². The molecule has 0 saturated carbocycles. The molecule has 1 amide bonds. The maximum absolute atomic E-state index is 11.8. The molecule has 0 spiro atoms. The second kappa shape index (κ2) is 6.73. The van der Waals surface area contributed by atoms with Crippen LogP contribution in [0.25, 0.3) is 0 Å². The SMILES string of the molecule is O=Cc1ccccc1OCC(=O)Nc1ccccc1Cl. The van der Waals surface area contributed by atoms with Gasteiger partial charge in [-0.3, -0.25) is 9.59 Å². The highest BCUT2D eigenvalue weighted by Crippen LogP contribution is 2.20. The molecule has 0 heterocycles. The lowest BCUT2D eigenvalue weighted by molar-refractivity contribution is -0.118. The summed E-state index contributed by atoms with van der Waals surface area (Å²) in [5.74, 6) is 0.0237. The first-order chi connectivity index (χ1) is 9.70. The monoisotopic (exact) mass is 289 g/mol. The summed E-state index contributed by atoms with van der Waals surface area (Å²) < 4.78 is 5.32. The number of anilines is 1. The first-order valence-electron chi connectivity index (χ1n) is 5.92. The van der Waals surface area contributed by atoms with Gasteiger partial charge in [0, 0.05) is 0 Å². The fourth-order valence-electron chi connectivity index (χ4n) is 1.60. The lowest BCUT2D eigenvalue weighted by Gasteiger charge is -2.09. The maximum Gasteiger partial charge on any atom is 0.262 e. The fraction of sp³-hybridized carbons (Fsp3) is 0.0667. The van der Waals surface area contributed by atoms with Crippen LogP contribution in [0.2, 0.25) is 5.02 Å². The predicted octanol–water partition coefficient (Wildman–Crippen LogP) is 3.17. The average molecular weight is 290 g/mol. The number of nitrogens with one attached hydrogen (secondary N) is 1. The molecule has 0 aliphatic carbocycles. The van der Waals surface area contributed by atoms with Gasteiger partial charge in [0.25, 0.3) is 5.91 Å². The van der Waals surface area contributed by atoms with Gasteiger partial charge in [-0.2, -0.15) is 0 Å². The zero-order valence-electron chi connectivity index (χ0n) is 10.5. The van der Waals surface area contributed by atoms with Crippen molar-refractivity contribution in [1.82, 2.24) is 0 Å². The highest BCUT2D eigenvalue weighted by molar-refractivity contribution is 6.33. The Kier molecular flexibility index (Phi) is 4.74. The van der Waals surface area contributed by atoms with Gasteiger partial charge in [-0.1, -0.05) is 35.9 Å². The first-order valence-corrected chi connectivity index (χ1v) is 6.30. The topological polar surface area (TPSA) is 55.4 Å². The van der Waals surface area contributed by atoms with Crippen LogP contribution in [-0.2, 0) is 4.79 Å². The number of rotatable bonds is 5. The van der Waals surface area contributed by atoms with Gasteiger partial charge in [0.1, 0.15) is 5.75 Å². The predicted molar refractivity (Wildman–Crippen MR) is 77.4 cm³/mol. The van der Waals surface area contributed by atoms with E-state index in [2.05, 4.69) is 5.32 Å². The minimum atomic E-state index is -0.348. The van der Waals surface area contributed by atoms with E-state index in [9.17, 15) is 9.59 Å². The maximum atomic E-state index is 11.8. The molecule has 2 rings (SSSR count). The highest BCUT2D eigenvalue weighted by atomic mass is 35.5. The Morgan fingerprint density at radius 2 is 1.85 bits per heavy atom. The molecule has 0 saturated heterocycles. The van der Waals surface area contributed by atoms with Crippen molar-refractivity contribution >= 4 is 29.5 Å². The molecule has 1 N–H and O–H groups in total. The van der Waals surface area contributed by atoms with Crippen molar-refractivity contribution in [3.63, 3.8) is 0 Å². The van der Waals surface area contributed by atoms with Crippen molar-refractivity contribution in [2.45, 2.75) is 0 Å². The molecule has 102 valence electrons. The zero-order valence-corrected chi connectivity index (χ0v) is 11.3. The quantitative estimate of drug-likeness (QED) is 0.860. The normalized spacial score (nSPS) is 9.85. The lowest BCUT2D eigenvalue weighted by atomic mass is 10.2. The van der Waals surface area contributed by atoms with Crippen LogP contribution >= 0.6 is 11.6 Å². The Balaban J connectivity index is 1.96. The average Bonchev–Trinajstić information content (AvgIpc) is 2.48. The standard InChI is InChI=1S/C15H12ClNO3/c16-12-6-2-3-7-13(12)17-15(19)10-20-14-8-4-1-5-11(14)9-18/h1-9H,10H2,(H,17,19). The van der Waals surface area contributed by atoms with Crippen molar-refractivity contribution < 1.29 is 14.3 Å². The number of amides is 1. The lowest BCUT2D eigenvalue weighted by Crippen LogP contribution is -2.20. The summed E-state index contributed by atoms with van der Waals surface area (Å²) in [7, 11) is 0. The van der Waals surface area contributed by atoms with E-state index < -0.39 is 0 Å². The smallest absolute Gasteiger partial charge is 0.262 e. The molecular weight excluding hydrogens is 278 g/mol. The molecule has 5 heteroatoms. The summed E-state index contributed by atoms with van der Waals surface area (Å²) in [5, 5.41) is 3.09. The van der Waals surface area contributed by atoms with Gasteiger partial charge in [-0.15, -0.1) is 0 Å². The van der Waals surface area contributed by atoms with Crippen molar-refractivity contribution in [3.8, 4) is 5.75 Å². The third-order valence-corrected chi connectivity index (χ3v) is 2.88. The summed E-state index contributed by atoms with van der Waals surface area (Å²) in [6.07, 6.45) is 0.682. The zero-order chi connectivity index (χ0) is 14.4. The van der Waals surface area contributed by atoms with Crippen LogP contribution in [0, 0.1) is 0 Å². The van der Waals surface area contributed by atoms with Gasteiger partial charge in [-0.25, -0.2) is 0 Å². The van der Waals surface area contributed by atoms with E-state index in [0.29, 0.717) is 28.3 Å². The highest BCUT2D eigenvalue weighted by Gasteiger charge is 2.08. The molecule has 0 fully saturated rings. The van der Waals surface area contributed by atoms with Crippen LogP contribution < -0.4 is 10.1 Å². The molecule has 0 aliphatic heterocycles. The van der Waals surface area contributed by atoms with Crippen molar-refractivity contribution in [2.24, 2.45) is 0 Å². The number of carbonyl (C=O) groups excluding carboxylic acids is 2. The molecule has 0 unspecified atom stereocenters. The number of benzene rings is 2. The van der Waals surface area contributed by atoms with E-state index in [0.717, 1.165) is 0 Å². The molecule has 4 nitrogen and oxygen atoms in total. The summed E-state index contributed by atoms with van der Waals surface area (Å²) in [6.45, 7) is -0.198. The van der Waals surface area contributed by atoms with Crippen molar-refractivity contribution in [2.75, 3.05) is 11.9 Å². The Labute approximate surface area is 121 Å². The Hall–Kier alpha value is -2.33. The Morgan fingerprint density at radius 3 is 2.60 bits per heavy atom. The van der Waals surface area contributed by atoms with Gasteiger partial charge >= 0.3 is 0 Å². The number of carbonyl (C=O) groups is 2. The van der Waals surface area contributed by atoms with Gasteiger partial charge in [-0.05, 0) is 24.3 Å². The molecule has 20 heavy (non-hydrogen) atoms. The fourth-order valence-corrected chi connectivity index (χ4v) is 1.78. The third-order valence-electron chi connectivity index (χ3n) is 2.55. The summed E-state index contributed by atoms with van der Waals surface area (Å²) in [4.78, 5) is 22.6. The molecule has 2 aromatic carbocycles. The molecular formula is C15H12ClNO3. The van der Waals surface area contributed by atoms with E-state index >= 15 is 0 Å². The molecule has 0 atom stereocenters. The second-order valence-electron chi connectivity index (χ2n) is 3.97. The minimum Gasteiger partial charge on any atom is -0.483 e. The van der Waals surface area contributed by atoms with Crippen LogP contribution in [0.3, 0.4) is 0 Å². The minimum absolute atomic E-state index is 0.198. The van der Waals surface area contributed by atoms with Gasteiger partial charge < -0.3 is 10.1 Å². The molecule has 0 aliphatic rings. The van der Waals surface area contributed by atoms with Crippen LogP contribution in [0.1, 0.15) is 10.4 Å². The van der Waals surface area contributed by atoms with E-state index in [1.54, 1.807) is 48.5 Å². The Bertz CT molecular complexity index is 628. The number of para-hydroxylation sites is 2. The molecule has 0 bridgehead atoms. The summed E-state index contributed by atoms with van der Waals surface area (Å²) >= 11 is 5.93. The first kappa shape index (κ1) is 14.1. The summed E-state index contributed by atoms with van der Waals surface area (Å²) in [5.41, 5.74) is 0.921. The van der Waals surface area contributed by atoms with E-state index in [1.165, 1.54) is 0 Å². The third kappa shape index (κ3) is 3.59. The largest absolute Gasteiger partial charge is 0.483 e. The number of halogens is 1. The van der Waals surface area contributed by atoms with E-state index in [4.69, 9.17) is 16.3 Å². The van der Waals surface area contributed by atoms with Gasteiger partial charge in [0.05, 0.1) is 16.3 Å².